The maximum absolute atomic E-state index is 11.6. The maximum Gasteiger partial charge on any atom is 0.345 e. The van der Waals surface area contributed by atoms with Gasteiger partial charge in [-0.15, -0.1) is 12.4 Å². The summed E-state index contributed by atoms with van der Waals surface area (Å²) in [6.07, 6.45) is 3.20. The van der Waals surface area contributed by atoms with E-state index in [4.69, 9.17) is 9.47 Å². The molecule has 0 atom stereocenters. The minimum atomic E-state index is -0.462. The van der Waals surface area contributed by atoms with Crippen LogP contribution in [0.25, 0.3) is 0 Å². The summed E-state index contributed by atoms with van der Waals surface area (Å²) in [5.41, 5.74) is 1.15. The summed E-state index contributed by atoms with van der Waals surface area (Å²) in [6, 6.07) is 0. The number of hydrogen-bond donors (Lipinski definition) is 1. The zero-order valence-corrected chi connectivity index (χ0v) is 13.3. The van der Waals surface area contributed by atoms with Crippen LogP contribution in [-0.2, 0) is 18.4 Å². The lowest BCUT2D eigenvalue weighted by Gasteiger charge is -2.05. The van der Waals surface area contributed by atoms with Crippen molar-refractivity contribution in [1.82, 2.24) is 20.0 Å². The van der Waals surface area contributed by atoms with E-state index in [1.165, 1.54) is 6.20 Å². The summed E-state index contributed by atoms with van der Waals surface area (Å²) >= 11 is 3.32. The van der Waals surface area contributed by atoms with Crippen molar-refractivity contribution >= 4 is 34.3 Å². The fourth-order valence-corrected chi connectivity index (χ4v) is 1.96. The lowest BCUT2D eigenvalue weighted by Crippen LogP contribution is -2.06. The van der Waals surface area contributed by atoms with Crippen molar-refractivity contribution in [3.8, 4) is 5.88 Å². The molecule has 0 amide bonds. The standard InChI is InChI=1S/C11H13BrN4O3.ClH/c1-3-18-11(17)8-4-13-14-10(8)19-6-7-5-16(2)15-9(7)12;/h4-5H,3,6H2,1-2H3,(H,13,14);1H. The normalized spacial score (nSPS) is 9.95. The second kappa shape index (κ2) is 7.30. The molecule has 0 radical (unpaired) electrons. The Morgan fingerprint density at radius 1 is 1.55 bits per heavy atom. The summed E-state index contributed by atoms with van der Waals surface area (Å²) in [4.78, 5) is 11.6. The summed E-state index contributed by atoms with van der Waals surface area (Å²) in [6.45, 7) is 2.31. The number of rotatable bonds is 5. The largest absolute Gasteiger partial charge is 0.472 e. The Bertz CT molecular complexity index is 584. The third-order valence-electron chi connectivity index (χ3n) is 2.32. The van der Waals surface area contributed by atoms with Gasteiger partial charge in [0.25, 0.3) is 0 Å². The Hall–Kier alpha value is -1.54. The third-order valence-corrected chi connectivity index (χ3v) is 2.99. The highest BCUT2D eigenvalue weighted by Crippen LogP contribution is 2.19. The van der Waals surface area contributed by atoms with Gasteiger partial charge in [-0.3, -0.25) is 4.68 Å². The molecule has 110 valence electrons. The molecule has 2 rings (SSSR count). The van der Waals surface area contributed by atoms with Gasteiger partial charge in [0, 0.05) is 18.8 Å². The van der Waals surface area contributed by atoms with Gasteiger partial charge in [0.2, 0.25) is 5.88 Å². The number of nitrogens with one attached hydrogen (secondary N) is 1. The Kier molecular flexibility index (Phi) is 6.03. The molecule has 0 aromatic carbocycles. The molecule has 0 aliphatic rings. The van der Waals surface area contributed by atoms with E-state index < -0.39 is 5.97 Å². The summed E-state index contributed by atoms with van der Waals surface area (Å²) in [5, 5.41) is 10.5. The van der Waals surface area contributed by atoms with Gasteiger partial charge in [0.05, 0.1) is 12.8 Å². The molecule has 0 fully saturated rings. The van der Waals surface area contributed by atoms with Crippen molar-refractivity contribution in [2.45, 2.75) is 13.5 Å². The van der Waals surface area contributed by atoms with Crippen LogP contribution >= 0.6 is 28.3 Å². The molecule has 2 aromatic rings. The number of aromatic nitrogens is 4. The van der Waals surface area contributed by atoms with E-state index in [1.54, 1.807) is 11.6 Å². The molecule has 9 heteroatoms. The van der Waals surface area contributed by atoms with Gasteiger partial charge in [-0.1, -0.05) is 0 Å². The van der Waals surface area contributed by atoms with Gasteiger partial charge in [0.15, 0.2) is 0 Å². The molecule has 20 heavy (non-hydrogen) atoms. The predicted molar refractivity (Wildman–Crippen MR) is 77.0 cm³/mol. The number of nitrogens with zero attached hydrogens (tertiary/aromatic N) is 3. The van der Waals surface area contributed by atoms with E-state index in [9.17, 15) is 4.79 Å². The maximum atomic E-state index is 11.6. The molecule has 0 saturated heterocycles. The van der Waals surface area contributed by atoms with Crippen LogP contribution in [0.2, 0.25) is 0 Å². The van der Waals surface area contributed by atoms with Crippen LogP contribution in [0.15, 0.2) is 17.0 Å². The van der Waals surface area contributed by atoms with E-state index in [0.29, 0.717) is 11.2 Å². The molecule has 2 aromatic heterocycles. The average molecular weight is 366 g/mol. The van der Waals surface area contributed by atoms with Crippen molar-refractivity contribution in [2.24, 2.45) is 7.05 Å². The first-order chi connectivity index (χ1) is 9.11. The summed E-state index contributed by atoms with van der Waals surface area (Å²) in [7, 11) is 1.81. The first-order valence-electron chi connectivity index (χ1n) is 5.63. The van der Waals surface area contributed by atoms with E-state index in [-0.39, 0.29) is 30.5 Å². The highest BCUT2D eigenvalue weighted by Gasteiger charge is 2.17. The minimum Gasteiger partial charge on any atom is -0.472 e. The number of carbonyl (C=O) groups is 1. The molecule has 0 saturated carbocycles. The lowest BCUT2D eigenvalue weighted by molar-refractivity contribution is 0.0521. The van der Waals surface area contributed by atoms with Crippen LogP contribution in [-0.4, -0.2) is 32.6 Å². The molecule has 1 N–H and O–H groups in total. The second-order valence-corrected chi connectivity index (χ2v) is 4.49. The molecule has 7 nitrogen and oxygen atoms in total. The lowest BCUT2D eigenvalue weighted by atomic mass is 10.3. The highest BCUT2D eigenvalue weighted by molar-refractivity contribution is 9.10. The number of esters is 1. The molecule has 0 aliphatic heterocycles. The third kappa shape index (κ3) is 3.73. The smallest absolute Gasteiger partial charge is 0.345 e. The van der Waals surface area contributed by atoms with Gasteiger partial charge in [-0.2, -0.15) is 10.2 Å². The quantitative estimate of drug-likeness (QED) is 0.820. The number of ether oxygens (including phenoxy) is 2. The summed E-state index contributed by atoms with van der Waals surface area (Å²) in [5.74, 6) is -0.175. The van der Waals surface area contributed by atoms with E-state index in [0.717, 1.165) is 5.56 Å². The first-order valence-corrected chi connectivity index (χ1v) is 6.42. The Balaban J connectivity index is 0.00000200. The van der Waals surface area contributed by atoms with Crippen molar-refractivity contribution in [3.63, 3.8) is 0 Å². The molecular weight excluding hydrogens is 352 g/mol. The molecule has 0 unspecified atom stereocenters. The molecule has 0 bridgehead atoms. The first kappa shape index (κ1) is 16.5. The van der Waals surface area contributed by atoms with Crippen LogP contribution in [0.5, 0.6) is 5.88 Å². The van der Waals surface area contributed by atoms with Crippen LogP contribution in [0.4, 0.5) is 0 Å². The number of carbonyl (C=O) groups excluding carboxylic acids is 1. The van der Waals surface area contributed by atoms with Gasteiger partial charge in [0.1, 0.15) is 16.8 Å². The van der Waals surface area contributed by atoms with Gasteiger partial charge < -0.3 is 9.47 Å². The molecule has 2 heterocycles. The van der Waals surface area contributed by atoms with Gasteiger partial charge in [-0.25, -0.2) is 9.89 Å². The fourth-order valence-electron chi connectivity index (χ4n) is 1.50. The monoisotopic (exact) mass is 364 g/mol. The fraction of sp³-hybridized carbons (Fsp3) is 0.364. The number of hydrogen-bond acceptors (Lipinski definition) is 5. The SMILES string of the molecule is CCOC(=O)c1cn[nH]c1OCc1cn(C)nc1Br.Cl. The predicted octanol–water partition coefficient (Wildman–Crippen LogP) is 2.08. The number of aryl methyl sites for hydroxylation is 1. The van der Waals surface area contributed by atoms with Gasteiger partial charge in [-0.05, 0) is 22.9 Å². The van der Waals surface area contributed by atoms with Crippen molar-refractivity contribution in [3.05, 3.63) is 28.1 Å². The zero-order valence-electron chi connectivity index (χ0n) is 10.9. The van der Waals surface area contributed by atoms with Crippen LogP contribution in [0.3, 0.4) is 0 Å². The molecule has 0 aliphatic carbocycles. The van der Waals surface area contributed by atoms with Crippen molar-refractivity contribution in [2.75, 3.05) is 6.61 Å². The van der Waals surface area contributed by atoms with Crippen molar-refractivity contribution in [1.29, 1.82) is 0 Å². The van der Waals surface area contributed by atoms with Crippen LogP contribution in [0.1, 0.15) is 22.8 Å². The van der Waals surface area contributed by atoms with E-state index in [1.807, 2.05) is 13.2 Å². The van der Waals surface area contributed by atoms with E-state index in [2.05, 4.69) is 31.2 Å². The number of halogens is 2. The highest BCUT2D eigenvalue weighted by atomic mass is 79.9. The molecule has 0 spiro atoms. The number of H-pyrrole nitrogens is 1. The summed E-state index contributed by atoms with van der Waals surface area (Å²) < 4.78 is 12.8. The second-order valence-electron chi connectivity index (χ2n) is 3.74. The van der Waals surface area contributed by atoms with Gasteiger partial charge >= 0.3 is 5.97 Å². The minimum absolute atomic E-state index is 0. The molecular formula is C11H14BrClN4O3. The van der Waals surface area contributed by atoms with Crippen LogP contribution < -0.4 is 4.74 Å². The van der Waals surface area contributed by atoms with Crippen molar-refractivity contribution < 1.29 is 14.3 Å². The Labute approximate surface area is 130 Å². The van der Waals surface area contributed by atoms with E-state index >= 15 is 0 Å². The topological polar surface area (TPSA) is 82.0 Å². The number of aromatic amines is 1. The Morgan fingerprint density at radius 2 is 2.30 bits per heavy atom. The van der Waals surface area contributed by atoms with Crippen LogP contribution in [0, 0.1) is 0 Å². The Morgan fingerprint density at radius 3 is 2.90 bits per heavy atom. The average Bonchev–Trinajstić information content (AvgIpc) is 2.93. The zero-order chi connectivity index (χ0) is 13.8.